The van der Waals surface area contributed by atoms with Crippen molar-refractivity contribution in [3.63, 3.8) is 0 Å². The van der Waals surface area contributed by atoms with Crippen molar-refractivity contribution in [1.29, 1.82) is 0 Å². The first-order valence-corrected chi connectivity index (χ1v) is 13.3. The van der Waals surface area contributed by atoms with Crippen LogP contribution in [0.2, 0.25) is 0 Å². The largest absolute Gasteiger partial charge is 0.281 e. The molecule has 2 aliphatic carbocycles. The lowest BCUT2D eigenvalue weighted by Crippen LogP contribution is -2.52. The van der Waals surface area contributed by atoms with Crippen LogP contribution in [0.25, 0.3) is 0 Å². The van der Waals surface area contributed by atoms with Crippen LogP contribution in [0.5, 0.6) is 0 Å². The lowest BCUT2D eigenvalue weighted by atomic mass is 9.64. The normalized spacial score (nSPS) is 18.4. The van der Waals surface area contributed by atoms with Crippen molar-refractivity contribution in [3.05, 3.63) is 60.3 Å². The van der Waals surface area contributed by atoms with Gasteiger partial charge in [-0.15, -0.1) is 0 Å². The van der Waals surface area contributed by atoms with E-state index in [4.69, 9.17) is 24.4 Å². The van der Waals surface area contributed by atoms with Gasteiger partial charge < -0.3 is 0 Å². The van der Waals surface area contributed by atoms with Gasteiger partial charge in [-0.25, -0.2) is 0 Å². The molecule has 2 aliphatic rings. The predicted molar refractivity (Wildman–Crippen MR) is 156 cm³/mol. The highest BCUT2D eigenvalue weighted by Gasteiger charge is 2.50. The highest BCUT2D eigenvalue weighted by atomic mass is 32.1. The zero-order valence-electron chi connectivity index (χ0n) is 22.2. The number of hydrogen-bond donors (Lipinski definition) is 2. The minimum Gasteiger partial charge on any atom is -0.281 e. The van der Waals surface area contributed by atoms with E-state index in [-0.39, 0.29) is 35.5 Å². The van der Waals surface area contributed by atoms with Gasteiger partial charge in [-0.3, -0.25) is 30.5 Å². The van der Waals surface area contributed by atoms with Gasteiger partial charge in [0.25, 0.3) is 0 Å². The molecule has 196 valence electrons. The van der Waals surface area contributed by atoms with Gasteiger partial charge in [-0.05, 0) is 52.0 Å². The number of hydrogen-bond acceptors (Lipinski definition) is 4. The van der Waals surface area contributed by atoms with E-state index < -0.39 is 0 Å². The number of nitrogens with one attached hydrogen (secondary N) is 2. The van der Waals surface area contributed by atoms with Crippen molar-refractivity contribution in [2.24, 2.45) is 10.8 Å². The molecular formula is C28H40N4O2S2. The third kappa shape index (κ3) is 6.79. The molecule has 2 amide bonds. The second-order valence-corrected chi connectivity index (χ2v) is 10.3. The Bertz CT molecular complexity index is 1000. The third-order valence-electron chi connectivity index (χ3n) is 7.04. The van der Waals surface area contributed by atoms with Crippen molar-refractivity contribution < 1.29 is 9.59 Å². The lowest BCUT2D eigenvalue weighted by Gasteiger charge is -2.46. The number of rotatable bonds is 10. The topological polar surface area (TPSA) is 64.7 Å². The number of carbonyl (C=O) groups excluding carboxylic acids is 2. The summed E-state index contributed by atoms with van der Waals surface area (Å²) in [6.45, 7) is 9.83. The first kappa shape index (κ1) is 29.6. The minimum atomic E-state index is -0.267. The molecule has 0 heterocycles. The van der Waals surface area contributed by atoms with Gasteiger partial charge in [0.15, 0.2) is 0 Å². The zero-order valence-corrected chi connectivity index (χ0v) is 23.9. The molecule has 0 spiro atoms. The van der Waals surface area contributed by atoms with Crippen molar-refractivity contribution >= 4 is 46.2 Å². The smallest absolute Gasteiger partial charge is 0.239 e. The van der Waals surface area contributed by atoms with Gasteiger partial charge in [-0.1, -0.05) is 85.5 Å². The molecule has 6 nitrogen and oxygen atoms in total. The van der Waals surface area contributed by atoms with Crippen molar-refractivity contribution in [1.82, 2.24) is 20.9 Å². The maximum Gasteiger partial charge on any atom is 0.239 e. The number of thiocarbonyl (C=S) groups is 2. The summed E-state index contributed by atoms with van der Waals surface area (Å²) in [6.07, 6.45) is 18.8. The molecule has 0 aliphatic heterocycles. The molecule has 0 unspecified atom stereocenters. The molecule has 36 heavy (non-hydrogen) atoms. The number of carbonyl (C=O) groups is 2. The van der Waals surface area contributed by atoms with E-state index in [0.717, 1.165) is 37.7 Å². The van der Waals surface area contributed by atoms with Crippen LogP contribution in [0.4, 0.5) is 0 Å². The Kier molecular flexibility index (Phi) is 10.8. The first-order chi connectivity index (χ1) is 17.1. The number of nitrogens with zero attached hydrogens (tertiary/aromatic N) is 2. The van der Waals surface area contributed by atoms with E-state index in [9.17, 15) is 9.59 Å². The van der Waals surface area contributed by atoms with E-state index in [1.54, 1.807) is 30.2 Å². The summed E-state index contributed by atoms with van der Waals surface area (Å²) in [4.78, 5) is 26.5. The van der Waals surface area contributed by atoms with Crippen LogP contribution >= 0.6 is 24.4 Å². The molecule has 2 N–H and O–H groups in total. The molecular weight excluding hydrogens is 488 g/mol. The van der Waals surface area contributed by atoms with Crippen LogP contribution < -0.4 is 10.9 Å². The molecule has 0 saturated heterocycles. The molecule has 0 atom stereocenters. The summed E-state index contributed by atoms with van der Waals surface area (Å²) < 4.78 is 0. The summed E-state index contributed by atoms with van der Waals surface area (Å²) in [6, 6.07) is 0. The molecule has 0 aromatic rings. The van der Waals surface area contributed by atoms with E-state index >= 15 is 0 Å². The van der Waals surface area contributed by atoms with E-state index in [0.29, 0.717) is 9.98 Å². The van der Waals surface area contributed by atoms with Gasteiger partial charge in [-0.2, -0.15) is 0 Å². The van der Waals surface area contributed by atoms with Crippen molar-refractivity contribution in [3.8, 4) is 0 Å². The highest BCUT2D eigenvalue weighted by molar-refractivity contribution is 7.80. The van der Waals surface area contributed by atoms with E-state index in [1.165, 1.54) is 5.57 Å². The fourth-order valence-electron chi connectivity index (χ4n) is 4.60. The maximum absolute atomic E-state index is 12.6. The second kappa shape index (κ2) is 13.1. The molecule has 2 saturated carbocycles. The standard InChI is InChI=1S/C28H40N4O2S2/c1-7-10-14-21(4)27(17-11-18-27)25(35)31(5)29-23(33)15-16-24(34)30-32(6)26(36)28(19-20-28)22(12-8-2)13-9-3/h7-10,12-14H,2,11,15-20H2,1,3-6H3,(H,29,33)(H,30,34)/b10-7-,13-9-,21-14+,22-12+. The minimum absolute atomic E-state index is 0.0436. The fourth-order valence-corrected chi connectivity index (χ4v) is 5.37. The molecule has 8 heteroatoms. The van der Waals surface area contributed by atoms with Gasteiger partial charge in [0.2, 0.25) is 11.8 Å². The number of amides is 2. The van der Waals surface area contributed by atoms with Crippen molar-refractivity contribution in [2.75, 3.05) is 14.1 Å². The number of allylic oxidation sites excluding steroid dienone is 7. The van der Waals surface area contributed by atoms with Crippen LogP contribution in [-0.4, -0.2) is 45.9 Å². The monoisotopic (exact) mass is 528 g/mol. The van der Waals surface area contributed by atoms with Crippen LogP contribution in [-0.2, 0) is 9.59 Å². The van der Waals surface area contributed by atoms with Gasteiger partial charge in [0.1, 0.15) is 9.98 Å². The van der Waals surface area contributed by atoms with E-state index in [2.05, 4.69) is 30.4 Å². The lowest BCUT2D eigenvalue weighted by molar-refractivity contribution is -0.129. The molecule has 0 aromatic carbocycles. The summed E-state index contributed by atoms with van der Waals surface area (Å²) in [5.74, 6) is -0.523. The predicted octanol–water partition coefficient (Wildman–Crippen LogP) is 5.51. The Morgan fingerprint density at radius 1 is 0.889 bits per heavy atom. The highest BCUT2D eigenvalue weighted by Crippen LogP contribution is 2.54. The van der Waals surface area contributed by atoms with Crippen LogP contribution in [0, 0.1) is 10.8 Å². The molecule has 0 aromatic heterocycles. The molecule has 0 bridgehead atoms. The zero-order chi connectivity index (χ0) is 26.9. The SMILES string of the molecule is C=C/C=C(\C=C/C)C1(C(=S)N(C)NC(=O)CCC(=O)NN(C)C(=S)C2(/C(C)=C/C=C\C)CCC2)CC1. The molecule has 2 fully saturated rings. The van der Waals surface area contributed by atoms with Gasteiger partial charge in [0, 0.05) is 37.8 Å². The Morgan fingerprint density at radius 3 is 1.81 bits per heavy atom. The average Bonchev–Trinajstić information content (AvgIpc) is 3.61. The number of hydrazine groups is 2. The van der Waals surface area contributed by atoms with Crippen LogP contribution in [0.15, 0.2) is 60.3 Å². The summed E-state index contributed by atoms with van der Waals surface area (Å²) in [5.41, 5.74) is 7.48. The Labute approximate surface area is 227 Å². The first-order valence-electron chi connectivity index (χ1n) is 12.5. The van der Waals surface area contributed by atoms with E-state index in [1.807, 2.05) is 44.2 Å². The van der Waals surface area contributed by atoms with Crippen LogP contribution in [0.3, 0.4) is 0 Å². The second-order valence-electron chi connectivity index (χ2n) is 9.55. The molecule has 2 rings (SSSR count). The molecule has 0 radical (unpaired) electrons. The van der Waals surface area contributed by atoms with Gasteiger partial charge in [0.05, 0.1) is 0 Å². The maximum atomic E-state index is 12.6. The summed E-state index contributed by atoms with van der Waals surface area (Å²) >= 11 is 11.5. The Hall–Kier alpha value is -2.58. The average molecular weight is 529 g/mol. The van der Waals surface area contributed by atoms with Crippen LogP contribution in [0.1, 0.15) is 65.7 Å². The summed E-state index contributed by atoms with van der Waals surface area (Å²) in [7, 11) is 3.51. The Morgan fingerprint density at radius 2 is 1.42 bits per heavy atom. The quantitative estimate of drug-likeness (QED) is 0.222. The summed E-state index contributed by atoms with van der Waals surface area (Å²) in [5, 5.41) is 3.24. The van der Waals surface area contributed by atoms with Crippen molar-refractivity contribution in [2.45, 2.75) is 65.7 Å². The fraction of sp³-hybridized carbons (Fsp3) is 0.500. The Balaban J connectivity index is 1.88. The van der Waals surface area contributed by atoms with Gasteiger partial charge >= 0.3 is 0 Å². The third-order valence-corrected chi connectivity index (χ3v) is 8.37.